The number of nitrogens with zero attached hydrogens (tertiary/aromatic N) is 2. The Balaban J connectivity index is 1.51. The third-order valence-electron chi connectivity index (χ3n) is 4.69. The van der Waals surface area contributed by atoms with E-state index < -0.39 is 11.4 Å². The molecular weight excluding hydrogens is 429 g/mol. The van der Waals surface area contributed by atoms with Gasteiger partial charge in [0, 0.05) is 30.9 Å². The summed E-state index contributed by atoms with van der Waals surface area (Å²) in [7, 11) is 0. The number of ether oxygens (including phenoxy) is 1. The summed E-state index contributed by atoms with van der Waals surface area (Å²) < 4.78 is 18.6. The van der Waals surface area contributed by atoms with Crippen LogP contribution in [0.25, 0.3) is 0 Å². The molecular formula is C21H25ClFN3O3S. The van der Waals surface area contributed by atoms with Crippen molar-refractivity contribution in [2.45, 2.75) is 51.7 Å². The summed E-state index contributed by atoms with van der Waals surface area (Å²) in [5.41, 5.74) is 0.558. The standard InChI is InChI=1S/C21H25ClFN3O3S/c1-21(2,3)29-20(28)26-8-6-14(7-9-26)19-25-17(12-30-19)18(27)24-11-13-4-5-16(23)15(22)10-13/h4-5,10,12,14H,6-9,11H2,1-3H3,(H,24,27). The molecule has 1 aromatic heterocycles. The van der Waals surface area contributed by atoms with E-state index in [2.05, 4.69) is 10.3 Å². The van der Waals surface area contributed by atoms with Gasteiger partial charge >= 0.3 is 6.09 Å². The van der Waals surface area contributed by atoms with E-state index in [0.717, 1.165) is 17.8 Å². The Labute approximate surface area is 184 Å². The summed E-state index contributed by atoms with van der Waals surface area (Å²) in [6.07, 6.45) is 1.27. The number of benzene rings is 1. The van der Waals surface area contributed by atoms with Gasteiger partial charge in [0.15, 0.2) is 0 Å². The fourth-order valence-corrected chi connectivity index (χ4v) is 4.31. The molecule has 1 N–H and O–H groups in total. The Morgan fingerprint density at radius 3 is 2.67 bits per heavy atom. The summed E-state index contributed by atoms with van der Waals surface area (Å²) in [5, 5.41) is 5.44. The van der Waals surface area contributed by atoms with Crippen molar-refractivity contribution in [1.82, 2.24) is 15.2 Å². The molecule has 0 bridgehead atoms. The second-order valence-corrected chi connectivity index (χ2v) is 9.54. The number of amides is 2. The van der Waals surface area contributed by atoms with Crippen LogP contribution in [0.1, 0.15) is 60.6 Å². The van der Waals surface area contributed by atoms with Gasteiger partial charge in [-0.15, -0.1) is 11.3 Å². The molecule has 162 valence electrons. The van der Waals surface area contributed by atoms with Crippen molar-refractivity contribution in [1.29, 1.82) is 0 Å². The number of rotatable bonds is 4. The van der Waals surface area contributed by atoms with E-state index in [1.165, 1.54) is 23.5 Å². The normalized spacial score (nSPS) is 15.2. The molecule has 2 aromatic rings. The smallest absolute Gasteiger partial charge is 0.410 e. The number of halogens is 2. The van der Waals surface area contributed by atoms with Crippen molar-refractivity contribution in [2.24, 2.45) is 0 Å². The predicted octanol–water partition coefficient (Wildman–Crippen LogP) is 4.98. The van der Waals surface area contributed by atoms with Crippen molar-refractivity contribution in [2.75, 3.05) is 13.1 Å². The number of thiazole rings is 1. The molecule has 0 saturated carbocycles. The number of nitrogens with one attached hydrogen (secondary N) is 1. The molecule has 9 heteroatoms. The summed E-state index contributed by atoms with van der Waals surface area (Å²) >= 11 is 7.22. The third kappa shape index (κ3) is 5.92. The van der Waals surface area contributed by atoms with Crippen LogP contribution in [-0.2, 0) is 11.3 Å². The fourth-order valence-electron chi connectivity index (χ4n) is 3.14. The second kappa shape index (κ2) is 9.31. The quantitative estimate of drug-likeness (QED) is 0.708. The largest absolute Gasteiger partial charge is 0.444 e. The van der Waals surface area contributed by atoms with Gasteiger partial charge in [-0.2, -0.15) is 0 Å². The maximum atomic E-state index is 13.2. The number of aromatic nitrogens is 1. The van der Waals surface area contributed by atoms with Crippen LogP contribution in [0.4, 0.5) is 9.18 Å². The summed E-state index contributed by atoms with van der Waals surface area (Å²) in [6, 6.07) is 4.34. The highest BCUT2D eigenvalue weighted by atomic mass is 35.5. The molecule has 1 aromatic carbocycles. The lowest BCUT2D eigenvalue weighted by Crippen LogP contribution is -2.41. The highest BCUT2D eigenvalue weighted by Crippen LogP contribution is 2.31. The minimum absolute atomic E-state index is 0.0235. The van der Waals surface area contributed by atoms with Gasteiger partial charge in [0.25, 0.3) is 5.91 Å². The highest BCUT2D eigenvalue weighted by molar-refractivity contribution is 7.09. The SMILES string of the molecule is CC(C)(C)OC(=O)N1CCC(c2nc(C(=O)NCc3ccc(F)c(Cl)c3)cs2)CC1. The molecule has 0 spiro atoms. The molecule has 2 heterocycles. The first kappa shape index (κ1) is 22.5. The maximum Gasteiger partial charge on any atom is 0.410 e. The fraction of sp³-hybridized carbons (Fsp3) is 0.476. The molecule has 2 amide bonds. The highest BCUT2D eigenvalue weighted by Gasteiger charge is 2.29. The van der Waals surface area contributed by atoms with E-state index in [4.69, 9.17) is 16.3 Å². The Morgan fingerprint density at radius 1 is 1.33 bits per heavy atom. The molecule has 0 aliphatic carbocycles. The molecule has 1 saturated heterocycles. The molecule has 30 heavy (non-hydrogen) atoms. The van der Waals surface area contributed by atoms with Crippen LogP contribution in [-0.4, -0.2) is 40.6 Å². The number of piperidine rings is 1. The molecule has 1 aliphatic rings. The first-order chi connectivity index (χ1) is 14.1. The Hall–Kier alpha value is -2.19. The minimum atomic E-state index is -0.509. The van der Waals surface area contributed by atoms with Gasteiger partial charge in [-0.05, 0) is 51.3 Å². The van der Waals surface area contributed by atoms with Gasteiger partial charge in [-0.3, -0.25) is 4.79 Å². The van der Waals surface area contributed by atoms with Crippen LogP contribution in [0.2, 0.25) is 5.02 Å². The van der Waals surface area contributed by atoms with E-state index in [1.807, 2.05) is 20.8 Å². The van der Waals surface area contributed by atoms with Crippen LogP contribution in [0.3, 0.4) is 0 Å². The molecule has 3 rings (SSSR count). The Morgan fingerprint density at radius 2 is 2.03 bits per heavy atom. The predicted molar refractivity (Wildman–Crippen MR) is 114 cm³/mol. The zero-order chi connectivity index (χ0) is 21.9. The van der Waals surface area contributed by atoms with Crippen LogP contribution in [0, 0.1) is 5.82 Å². The van der Waals surface area contributed by atoms with E-state index in [1.54, 1.807) is 16.3 Å². The van der Waals surface area contributed by atoms with E-state index in [9.17, 15) is 14.0 Å². The number of hydrogen-bond acceptors (Lipinski definition) is 5. The number of carbonyl (C=O) groups is 2. The zero-order valence-electron chi connectivity index (χ0n) is 17.2. The van der Waals surface area contributed by atoms with Crippen LogP contribution in [0.15, 0.2) is 23.6 Å². The summed E-state index contributed by atoms with van der Waals surface area (Å²) in [6.45, 7) is 7.00. The molecule has 0 atom stereocenters. The lowest BCUT2D eigenvalue weighted by Gasteiger charge is -2.32. The van der Waals surface area contributed by atoms with E-state index in [0.29, 0.717) is 24.3 Å². The summed E-state index contributed by atoms with van der Waals surface area (Å²) in [5.74, 6) is -0.566. The Bertz CT molecular complexity index is 920. The van der Waals surface area contributed by atoms with Crippen molar-refractivity contribution in [3.63, 3.8) is 0 Å². The average Bonchev–Trinajstić information content (AvgIpc) is 3.18. The Kier molecular flexibility index (Phi) is 6.98. The monoisotopic (exact) mass is 453 g/mol. The van der Waals surface area contributed by atoms with Gasteiger partial charge in [0.2, 0.25) is 0 Å². The third-order valence-corrected chi connectivity index (χ3v) is 5.98. The maximum absolute atomic E-state index is 13.2. The summed E-state index contributed by atoms with van der Waals surface area (Å²) in [4.78, 5) is 30.8. The minimum Gasteiger partial charge on any atom is -0.444 e. The first-order valence-corrected chi connectivity index (χ1v) is 11.0. The van der Waals surface area contributed by atoms with Crippen LogP contribution >= 0.6 is 22.9 Å². The van der Waals surface area contributed by atoms with Crippen molar-refractivity contribution < 1.29 is 18.7 Å². The first-order valence-electron chi connectivity index (χ1n) is 9.78. The van der Waals surface area contributed by atoms with E-state index >= 15 is 0 Å². The molecule has 0 unspecified atom stereocenters. The number of carbonyl (C=O) groups excluding carboxylic acids is 2. The van der Waals surface area contributed by atoms with Crippen molar-refractivity contribution in [3.8, 4) is 0 Å². The van der Waals surface area contributed by atoms with Crippen LogP contribution in [0.5, 0.6) is 0 Å². The second-order valence-electron chi connectivity index (χ2n) is 8.24. The van der Waals surface area contributed by atoms with Gasteiger partial charge < -0.3 is 15.0 Å². The van der Waals surface area contributed by atoms with Crippen LogP contribution < -0.4 is 5.32 Å². The lowest BCUT2D eigenvalue weighted by molar-refractivity contribution is 0.0204. The molecule has 0 radical (unpaired) electrons. The topological polar surface area (TPSA) is 71.5 Å². The number of likely N-dealkylation sites (tertiary alicyclic amines) is 1. The van der Waals surface area contributed by atoms with Gasteiger partial charge in [0.1, 0.15) is 17.1 Å². The van der Waals surface area contributed by atoms with Crippen molar-refractivity contribution >= 4 is 34.9 Å². The van der Waals surface area contributed by atoms with Gasteiger partial charge in [0.05, 0.1) is 10.0 Å². The van der Waals surface area contributed by atoms with Crippen molar-refractivity contribution in [3.05, 3.63) is 50.7 Å². The zero-order valence-corrected chi connectivity index (χ0v) is 18.8. The molecule has 6 nitrogen and oxygen atoms in total. The van der Waals surface area contributed by atoms with Gasteiger partial charge in [-0.25, -0.2) is 14.2 Å². The molecule has 1 fully saturated rings. The average molecular weight is 454 g/mol. The molecule has 1 aliphatic heterocycles. The lowest BCUT2D eigenvalue weighted by atomic mass is 9.98. The number of hydrogen-bond donors (Lipinski definition) is 1. The van der Waals surface area contributed by atoms with Gasteiger partial charge in [-0.1, -0.05) is 17.7 Å². The van der Waals surface area contributed by atoms with E-state index in [-0.39, 0.29) is 29.5 Å².